The molecule has 74 valence electrons. The van der Waals surface area contributed by atoms with Crippen molar-refractivity contribution in [3.63, 3.8) is 0 Å². The van der Waals surface area contributed by atoms with E-state index in [1.807, 2.05) is 30.3 Å². The van der Waals surface area contributed by atoms with Gasteiger partial charge in [-0.25, -0.2) is 0 Å². The second-order valence-corrected chi connectivity index (χ2v) is 2.79. The van der Waals surface area contributed by atoms with Gasteiger partial charge < -0.3 is 10.0 Å². The van der Waals surface area contributed by atoms with Gasteiger partial charge in [-0.3, -0.25) is 4.79 Å². The number of nitrogens with zero attached hydrogens (tertiary/aromatic N) is 1. The highest BCUT2D eigenvalue weighted by Crippen LogP contribution is 2.12. The largest absolute Gasteiger partial charge is 0.387 e. The average Bonchev–Trinajstić information content (AvgIpc) is 2.26. The first-order valence-corrected chi connectivity index (χ1v) is 4.36. The van der Waals surface area contributed by atoms with Crippen molar-refractivity contribution in [3.05, 3.63) is 43.0 Å². The number of hydrogen-bond acceptors (Lipinski definition) is 2. The molecule has 0 radical (unpaired) electrons. The van der Waals surface area contributed by atoms with Gasteiger partial charge in [0, 0.05) is 12.2 Å². The lowest BCUT2D eigenvalue weighted by Gasteiger charge is -2.19. The fourth-order valence-corrected chi connectivity index (χ4v) is 1.17. The number of benzene rings is 1. The fraction of sp³-hybridized carbons (Fsp3) is 0.182. The molecule has 0 aliphatic carbocycles. The zero-order chi connectivity index (χ0) is 10.4. The molecule has 0 aliphatic rings. The molecule has 3 heteroatoms. The van der Waals surface area contributed by atoms with Crippen molar-refractivity contribution in [3.8, 4) is 0 Å². The Hall–Kier alpha value is -1.61. The van der Waals surface area contributed by atoms with Crippen LogP contribution in [0, 0.1) is 0 Å². The SMILES string of the molecule is C=CCN(C(=O)CO)c1ccccc1. The van der Waals surface area contributed by atoms with Gasteiger partial charge in [-0.1, -0.05) is 24.3 Å². The van der Waals surface area contributed by atoms with Crippen LogP contribution in [0.25, 0.3) is 0 Å². The second kappa shape index (κ2) is 5.19. The number of para-hydroxylation sites is 1. The van der Waals surface area contributed by atoms with Crippen molar-refractivity contribution in [2.24, 2.45) is 0 Å². The molecule has 3 nitrogen and oxygen atoms in total. The molecule has 0 saturated heterocycles. The highest BCUT2D eigenvalue weighted by Gasteiger charge is 2.11. The van der Waals surface area contributed by atoms with Crippen LogP contribution in [0.1, 0.15) is 0 Å². The molecule has 0 unspecified atom stereocenters. The molecule has 1 N–H and O–H groups in total. The lowest BCUT2D eigenvalue weighted by Crippen LogP contribution is -2.33. The summed E-state index contributed by atoms with van der Waals surface area (Å²) in [5.41, 5.74) is 0.770. The van der Waals surface area contributed by atoms with E-state index in [1.165, 1.54) is 4.90 Å². The maximum atomic E-state index is 11.3. The molecular weight excluding hydrogens is 178 g/mol. The van der Waals surface area contributed by atoms with Crippen LogP contribution in [0.5, 0.6) is 0 Å². The number of aliphatic hydroxyl groups is 1. The molecule has 14 heavy (non-hydrogen) atoms. The lowest BCUT2D eigenvalue weighted by atomic mass is 10.3. The Morgan fingerprint density at radius 2 is 2.07 bits per heavy atom. The molecule has 1 amide bonds. The molecule has 1 aromatic carbocycles. The van der Waals surface area contributed by atoms with Gasteiger partial charge in [-0.15, -0.1) is 6.58 Å². The van der Waals surface area contributed by atoms with Gasteiger partial charge in [-0.2, -0.15) is 0 Å². The van der Waals surface area contributed by atoms with Gasteiger partial charge in [0.25, 0.3) is 5.91 Å². The third-order valence-electron chi connectivity index (χ3n) is 1.82. The van der Waals surface area contributed by atoms with Gasteiger partial charge in [0.15, 0.2) is 0 Å². The summed E-state index contributed by atoms with van der Waals surface area (Å²) in [6.45, 7) is 3.49. The molecule has 0 saturated carbocycles. The van der Waals surface area contributed by atoms with Gasteiger partial charge in [0.1, 0.15) is 6.61 Å². The van der Waals surface area contributed by atoms with Crippen LogP contribution in [-0.2, 0) is 4.79 Å². The Morgan fingerprint density at radius 1 is 1.43 bits per heavy atom. The first-order valence-electron chi connectivity index (χ1n) is 4.36. The Bertz CT molecular complexity index is 308. The summed E-state index contributed by atoms with van der Waals surface area (Å²) in [6, 6.07) is 9.19. The van der Waals surface area contributed by atoms with Crippen LogP contribution >= 0.6 is 0 Å². The van der Waals surface area contributed by atoms with E-state index in [-0.39, 0.29) is 5.91 Å². The van der Waals surface area contributed by atoms with E-state index >= 15 is 0 Å². The van der Waals surface area contributed by atoms with E-state index in [2.05, 4.69) is 6.58 Å². The molecule has 0 aliphatic heterocycles. The maximum Gasteiger partial charge on any atom is 0.252 e. The van der Waals surface area contributed by atoms with Gasteiger partial charge in [0.05, 0.1) is 0 Å². The Balaban J connectivity index is 2.88. The normalized spacial score (nSPS) is 9.50. The monoisotopic (exact) mass is 191 g/mol. The summed E-state index contributed by atoms with van der Waals surface area (Å²) in [7, 11) is 0. The number of carbonyl (C=O) groups excluding carboxylic acids is 1. The molecule has 0 aromatic heterocycles. The van der Waals surface area contributed by atoms with E-state index < -0.39 is 6.61 Å². The van der Waals surface area contributed by atoms with E-state index in [0.717, 1.165) is 5.69 Å². The quantitative estimate of drug-likeness (QED) is 0.726. The van der Waals surface area contributed by atoms with Gasteiger partial charge in [0.2, 0.25) is 0 Å². The third kappa shape index (κ3) is 2.44. The van der Waals surface area contributed by atoms with Crippen molar-refractivity contribution in [1.29, 1.82) is 0 Å². The molecule has 1 aromatic rings. The Labute approximate surface area is 83.3 Å². The molecule has 0 spiro atoms. The summed E-state index contributed by atoms with van der Waals surface area (Å²) >= 11 is 0. The van der Waals surface area contributed by atoms with E-state index in [4.69, 9.17) is 5.11 Å². The zero-order valence-corrected chi connectivity index (χ0v) is 7.89. The zero-order valence-electron chi connectivity index (χ0n) is 7.89. The van der Waals surface area contributed by atoms with Crippen LogP contribution in [-0.4, -0.2) is 24.2 Å². The highest BCUT2D eigenvalue weighted by molar-refractivity contribution is 5.94. The van der Waals surface area contributed by atoms with Gasteiger partial charge >= 0.3 is 0 Å². The number of hydrogen-bond donors (Lipinski definition) is 1. The topological polar surface area (TPSA) is 40.5 Å². The highest BCUT2D eigenvalue weighted by atomic mass is 16.3. The van der Waals surface area contributed by atoms with Gasteiger partial charge in [-0.05, 0) is 12.1 Å². The van der Waals surface area contributed by atoms with Crippen molar-refractivity contribution in [2.45, 2.75) is 0 Å². The average molecular weight is 191 g/mol. The lowest BCUT2D eigenvalue weighted by molar-refractivity contribution is -0.121. The summed E-state index contributed by atoms with van der Waals surface area (Å²) in [5.74, 6) is -0.323. The number of rotatable bonds is 4. The van der Waals surface area contributed by atoms with Crippen LogP contribution in [0.4, 0.5) is 5.69 Å². The number of anilines is 1. The van der Waals surface area contributed by atoms with Crippen LogP contribution < -0.4 is 4.90 Å². The van der Waals surface area contributed by atoms with Crippen LogP contribution in [0.3, 0.4) is 0 Å². The summed E-state index contributed by atoms with van der Waals surface area (Å²) in [6.07, 6.45) is 1.63. The predicted octanol–water partition coefficient (Wildman–Crippen LogP) is 1.20. The number of carbonyl (C=O) groups is 1. The predicted molar refractivity (Wildman–Crippen MR) is 56.1 cm³/mol. The summed E-state index contributed by atoms with van der Waals surface area (Å²) in [5, 5.41) is 8.77. The maximum absolute atomic E-state index is 11.3. The van der Waals surface area contributed by atoms with Crippen molar-refractivity contribution < 1.29 is 9.90 Å². The molecule has 1 rings (SSSR count). The second-order valence-electron chi connectivity index (χ2n) is 2.79. The smallest absolute Gasteiger partial charge is 0.252 e. The first-order chi connectivity index (χ1) is 6.79. The molecule has 0 fully saturated rings. The van der Waals surface area contributed by atoms with E-state index in [9.17, 15) is 4.79 Å². The minimum atomic E-state index is -0.483. The summed E-state index contributed by atoms with van der Waals surface area (Å²) in [4.78, 5) is 12.8. The first kappa shape index (κ1) is 10.5. The van der Waals surface area contributed by atoms with E-state index in [1.54, 1.807) is 6.08 Å². The molecule has 0 heterocycles. The molecular formula is C11H13NO2. The standard InChI is InChI=1S/C11H13NO2/c1-2-8-12(11(14)9-13)10-6-4-3-5-7-10/h2-7,13H,1,8-9H2. The molecule has 0 atom stereocenters. The van der Waals surface area contributed by atoms with Crippen LogP contribution in [0.15, 0.2) is 43.0 Å². The van der Waals surface area contributed by atoms with Crippen molar-refractivity contribution in [2.75, 3.05) is 18.1 Å². The van der Waals surface area contributed by atoms with Crippen LogP contribution in [0.2, 0.25) is 0 Å². The van der Waals surface area contributed by atoms with Crippen molar-refractivity contribution >= 4 is 11.6 Å². The summed E-state index contributed by atoms with van der Waals surface area (Å²) < 4.78 is 0. The minimum Gasteiger partial charge on any atom is -0.387 e. The fourth-order valence-electron chi connectivity index (χ4n) is 1.17. The van der Waals surface area contributed by atoms with E-state index in [0.29, 0.717) is 6.54 Å². The Morgan fingerprint density at radius 3 is 2.57 bits per heavy atom. The van der Waals surface area contributed by atoms with Crippen molar-refractivity contribution in [1.82, 2.24) is 0 Å². The third-order valence-corrected chi connectivity index (χ3v) is 1.82. The number of aliphatic hydroxyl groups excluding tert-OH is 1. The minimum absolute atomic E-state index is 0.323. The Kier molecular flexibility index (Phi) is 3.88. The molecule has 0 bridgehead atoms. The number of amides is 1.